The van der Waals surface area contributed by atoms with Gasteiger partial charge in [-0.3, -0.25) is 0 Å². The van der Waals surface area contributed by atoms with Gasteiger partial charge in [-0.25, -0.2) is 0 Å². The number of benzene rings is 1. The molecule has 3 rings (SSSR count). The maximum atomic E-state index is 6.00. The monoisotopic (exact) mass is 261 g/mol. The second-order valence-corrected chi connectivity index (χ2v) is 4.95. The van der Waals surface area contributed by atoms with Crippen LogP contribution in [0, 0.1) is 0 Å². The van der Waals surface area contributed by atoms with Gasteiger partial charge in [0.15, 0.2) is 0 Å². The first-order chi connectivity index (χ1) is 9.28. The maximum absolute atomic E-state index is 6.00. The van der Waals surface area contributed by atoms with Gasteiger partial charge in [0.05, 0.1) is 26.2 Å². The molecule has 1 heterocycles. The number of rotatable bonds is 5. The van der Waals surface area contributed by atoms with E-state index in [1.54, 1.807) is 14.2 Å². The number of methoxy groups -OCH3 is 2. The summed E-state index contributed by atoms with van der Waals surface area (Å²) < 4.78 is 16.8. The third-order valence-corrected chi connectivity index (χ3v) is 3.62. The van der Waals surface area contributed by atoms with Crippen molar-refractivity contribution in [2.45, 2.75) is 25.3 Å². The van der Waals surface area contributed by atoms with Crippen LogP contribution in [-0.2, 0) is 6.54 Å². The molecule has 0 saturated heterocycles. The van der Waals surface area contributed by atoms with Crippen LogP contribution in [0.3, 0.4) is 0 Å². The third-order valence-electron chi connectivity index (χ3n) is 3.62. The largest absolute Gasteiger partial charge is 0.496 e. The zero-order valence-corrected chi connectivity index (χ0v) is 11.6. The summed E-state index contributed by atoms with van der Waals surface area (Å²) in [6.07, 6.45) is 2.47. The van der Waals surface area contributed by atoms with Gasteiger partial charge in [-0.05, 0) is 25.8 Å². The van der Waals surface area contributed by atoms with E-state index in [4.69, 9.17) is 13.9 Å². The van der Waals surface area contributed by atoms with E-state index in [2.05, 4.69) is 5.32 Å². The molecule has 0 unspecified atom stereocenters. The quantitative estimate of drug-likeness (QED) is 0.898. The number of hydrogen-bond donors (Lipinski definition) is 1. The number of ether oxygens (including phenoxy) is 2. The molecule has 102 valence electrons. The van der Waals surface area contributed by atoms with Crippen LogP contribution in [-0.4, -0.2) is 21.3 Å². The fourth-order valence-electron chi connectivity index (χ4n) is 2.61. The molecule has 1 N–H and O–H groups in total. The lowest BCUT2D eigenvalue weighted by molar-refractivity contribution is 0.397. The first-order valence-electron chi connectivity index (χ1n) is 6.60. The van der Waals surface area contributed by atoms with Crippen molar-refractivity contribution in [3.8, 4) is 11.5 Å². The molecule has 1 aromatic carbocycles. The molecule has 1 fully saturated rings. The average Bonchev–Trinajstić information content (AvgIpc) is 3.19. The summed E-state index contributed by atoms with van der Waals surface area (Å²) in [6.45, 7) is 0.742. The highest BCUT2D eigenvalue weighted by Gasteiger charge is 2.32. The predicted molar refractivity (Wildman–Crippen MR) is 74.1 cm³/mol. The van der Waals surface area contributed by atoms with Crippen molar-refractivity contribution in [2.24, 2.45) is 0 Å². The minimum absolute atomic E-state index is 0.617. The highest BCUT2D eigenvalue weighted by molar-refractivity contribution is 5.90. The Morgan fingerprint density at radius 3 is 2.63 bits per heavy atom. The van der Waals surface area contributed by atoms with E-state index >= 15 is 0 Å². The molecule has 0 bridgehead atoms. The predicted octanol–water partition coefficient (Wildman–Crippen LogP) is 3.05. The third kappa shape index (κ3) is 2.06. The smallest absolute Gasteiger partial charge is 0.142 e. The van der Waals surface area contributed by atoms with Gasteiger partial charge >= 0.3 is 0 Å². The number of furan rings is 1. The van der Waals surface area contributed by atoms with Crippen molar-refractivity contribution in [3.05, 3.63) is 23.5 Å². The Hall–Kier alpha value is -1.68. The van der Waals surface area contributed by atoms with Crippen LogP contribution < -0.4 is 14.8 Å². The van der Waals surface area contributed by atoms with Crippen LogP contribution in [0.2, 0.25) is 0 Å². The molecule has 0 spiro atoms. The van der Waals surface area contributed by atoms with E-state index in [1.807, 2.05) is 19.2 Å². The average molecular weight is 261 g/mol. The van der Waals surface area contributed by atoms with Gasteiger partial charge in [0.1, 0.15) is 22.8 Å². The normalized spacial score (nSPS) is 14.9. The summed E-state index contributed by atoms with van der Waals surface area (Å²) in [7, 11) is 5.27. The summed E-state index contributed by atoms with van der Waals surface area (Å²) in [5, 5.41) is 4.28. The molecule has 19 heavy (non-hydrogen) atoms. The zero-order chi connectivity index (χ0) is 13.4. The summed E-state index contributed by atoms with van der Waals surface area (Å²) in [5.74, 6) is 3.23. The van der Waals surface area contributed by atoms with E-state index in [1.165, 1.54) is 18.4 Å². The van der Waals surface area contributed by atoms with Crippen molar-refractivity contribution in [1.82, 2.24) is 5.32 Å². The van der Waals surface area contributed by atoms with Gasteiger partial charge in [-0.15, -0.1) is 0 Å². The number of nitrogens with one attached hydrogen (secondary N) is 1. The van der Waals surface area contributed by atoms with Crippen molar-refractivity contribution in [3.63, 3.8) is 0 Å². The lowest BCUT2D eigenvalue weighted by atomic mass is 10.0. The lowest BCUT2D eigenvalue weighted by Gasteiger charge is -2.06. The van der Waals surface area contributed by atoms with Gasteiger partial charge in [-0.2, -0.15) is 0 Å². The van der Waals surface area contributed by atoms with Gasteiger partial charge in [0.25, 0.3) is 0 Å². The van der Waals surface area contributed by atoms with Crippen LogP contribution in [0.5, 0.6) is 11.5 Å². The maximum Gasteiger partial charge on any atom is 0.142 e. The molecule has 4 heteroatoms. The number of hydrogen-bond acceptors (Lipinski definition) is 4. The molecule has 4 nitrogen and oxygen atoms in total. The second kappa shape index (κ2) is 4.78. The van der Waals surface area contributed by atoms with Crippen LogP contribution in [0.1, 0.15) is 30.1 Å². The van der Waals surface area contributed by atoms with Crippen LogP contribution in [0.4, 0.5) is 0 Å². The Balaban J connectivity index is 2.24. The van der Waals surface area contributed by atoms with Gasteiger partial charge in [-0.1, -0.05) is 0 Å². The van der Waals surface area contributed by atoms with Crippen LogP contribution >= 0.6 is 0 Å². The van der Waals surface area contributed by atoms with Crippen molar-refractivity contribution >= 4 is 11.0 Å². The lowest BCUT2D eigenvalue weighted by Crippen LogP contribution is -2.05. The Labute approximate surface area is 112 Å². The number of fused-ring (bicyclic) bond motifs is 1. The van der Waals surface area contributed by atoms with Crippen molar-refractivity contribution < 1.29 is 13.9 Å². The molecule has 2 aromatic rings. The van der Waals surface area contributed by atoms with E-state index in [0.29, 0.717) is 5.92 Å². The van der Waals surface area contributed by atoms with E-state index < -0.39 is 0 Å². The minimum atomic E-state index is 0.617. The standard InChI is InChI=1S/C15H19NO3/c1-16-8-13-14(9-4-5-9)15-11(18-3)6-10(17-2)7-12(15)19-13/h6-7,9,16H,4-5,8H2,1-3H3. The zero-order valence-electron chi connectivity index (χ0n) is 11.6. The molecule has 1 saturated carbocycles. The Morgan fingerprint density at radius 2 is 2.05 bits per heavy atom. The van der Waals surface area contributed by atoms with Crippen LogP contribution in [0.25, 0.3) is 11.0 Å². The summed E-state index contributed by atoms with van der Waals surface area (Å²) >= 11 is 0. The Morgan fingerprint density at radius 1 is 1.26 bits per heavy atom. The first kappa shape index (κ1) is 12.4. The molecule has 0 aliphatic heterocycles. The van der Waals surface area contributed by atoms with Crippen molar-refractivity contribution in [1.29, 1.82) is 0 Å². The highest BCUT2D eigenvalue weighted by atomic mass is 16.5. The summed E-state index contributed by atoms with van der Waals surface area (Å²) in [4.78, 5) is 0. The molecular weight excluding hydrogens is 242 g/mol. The fourth-order valence-corrected chi connectivity index (χ4v) is 2.61. The van der Waals surface area contributed by atoms with Crippen LogP contribution in [0.15, 0.2) is 16.5 Å². The molecule has 1 aliphatic carbocycles. The molecule has 1 aromatic heterocycles. The molecule has 1 aliphatic rings. The molecule has 0 atom stereocenters. The molecule has 0 amide bonds. The van der Waals surface area contributed by atoms with Crippen molar-refractivity contribution in [2.75, 3.05) is 21.3 Å². The topological polar surface area (TPSA) is 43.6 Å². The Kier molecular flexibility index (Phi) is 3.11. The fraction of sp³-hybridized carbons (Fsp3) is 0.467. The van der Waals surface area contributed by atoms with E-state index in [-0.39, 0.29) is 0 Å². The summed E-state index contributed by atoms with van der Waals surface area (Å²) in [6, 6.07) is 3.86. The van der Waals surface area contributed by atoms with E-state index in [9.17, 15) is 0 Å². The molecular formula is C15H19NO3. The minimum Gasteiger partial charge on any atom is -0.496 e. The highest BCUT2D eigenvalue weighted by Crippen LogP contribution is 2.49. The van der Waals surface area contributed by atoms with Gasteiger partial charge < -0.3 is 19.2 Å². The second-order valence-electron chi connectivity index (χ2n) is 4.95. The van der Waals surface area contributed by atoms with Gasteiger partial charge in [0.2, 0.25) is 0 Å². The Bertz CT molecular complexity index is 599. The first-order valence-corrected chi connectivity index (χ1v) is 6.60. The molecule has 0 radical (unpaired) electrons. The van der Waals surface area contributed by atoms with E-state index in [0.717, 1.165) is 34.8 Å². The SMILES string of the molecule is CNCc1oc2cc(OC)cc(OC)c2c1C1CC1. The summed E-state index contributed by atoms with van der Waals surface area (Å²) in [5.41, 5.74) is 2.16. The van der Waals surface area contributed by atoms with Gasteiger partial charge in [0, 0.05) is 17.7 Å².